The highest BCUT2D eigenvalue weighted by Crippen LogP contribution is 2.13. The van der Waals surface area contributed by atoms with Gasteiger partial charge in [0.1, 0.15) is 13.2 Å². The van der Waals surface area contributed by atoms with Gasteiger partial charge in [-0.3, -0.25) is 14.4 Å². The van der Waals surface area contributed by atoms with E-state index in [1.807, 2.05) is 0 Å². The Kier molecular flexibility index (Phi) is 38.6. The Labute approximate surface area is 320 Å². The molecule has 1 unspecified atom stereocenters. The van der Waals surface area contributed by atoms with Gasteiger partial charge in [-0.25, -0.2) is 0 Å². The number of carbonyl (C=O) groups is 3. The number of allylic oxidation sites excluding steroid dienone is 10. The predicted octanol–water partition coefficient (Wildman–Crippen LogP) is 13.4. The van der Waals surface area contributed by atoms with Crippen LogP contribution in [-0.4, -0.2) is 37.2 Å². The van der Waals surface area contributed by atoms with Crippen molar-refractivity contribution in [2.24, 2.45) is 0 Å². The van der Waals surface area contributed by atoms with Gasteiger partial charge in [0.05, 0.1) is 0 Å². The SMILES string of the molecule is CC/C=C\C/C=C\C/C=C\CCCC(=O)OC(COC(=O)CCCCCCCCC/C=C\C/C=C\CC)COC(=O)CCCCCCCCCCC. The van der Waals surface area contributed by atoms with Crippen LogP contribution in [0.3, 0.4) is 0 Å². The minimum Gasteiger partial charge on any atom is -0.462 e. The van der Waals surface area contributed by atoms with Gasteiger partial charge >= 0.3 is 17.9 Å². The van der Waals surface area contributed by atoms with Crippen LogP contribution in [0.15, 0.2) is 60.8 Å². The molecular formula is C46H78O6. The Morgan fingerprint density at radius 2 is 0.769 bits per heavy atom. The van der Waals surface area contributed by atoms with Gasteiger partial charge < -0.3 is 14.2 Å². The minimum atomic E-state index is -0.798. The molecule has 298 valence electrons. The summed E-state index contributed by atoms with van der Waals surface area (Å²) in [7, 11) is 0. The second kappa shape index (κ2) is 40.9. The summed E-state index contributed by atoms with van der Waals surface area (Å²) in [6, 6.07) is 0. The monoisotopic (exact) mass is 727 g/mol. The summed E-state index contributed by atoms with van der Waals surface area (Å²) in [5.41, 5.74) is 0. The molecule has 0 aliphatic heterocycles. The summed E-state index contributed by atoms with van der Waals surface area (Å²) < 4.78 is 16.6. The quantitative estimate of drug-likeness (QED) is 0.0274. The lowest BCUT2D eigenvalue weighted by Gasteiger charge is -2.18. The van der Waals surface area contributed by atoms with E-state index in [1.54, 1.807) is 0 Å². The Balaban J connectivity index is 4.43. The van der Waals surface area contributed by atoms with Crippen LogP contribution < -0.4 is 0 Å². The number of carbonyl (C=O) groups excluding carboxylic acids is 3. The maximum absolute atomic E-state index is 12.6. The van der Waals surface area contributed by atoms with Crippen molar-refractivity contribution in [3.63, 3.8) is 0 Å². The molecule has 6 heteroatoms. The second-order valence-electron chi connectivity index (χ2n) is 13.8. The third kappa shape index (κ3) is 38.3. The van der Waals surface area contributed by atoms with Gasteiger partial charge in [-0.1, -0.05) is 165 Å². The van der Waals surface area contributed by atoms with Gasteiger partial charge in [0.2, 0.25) is 0 Å². The summed E-state index contributed by atoms with van der Waals surface area (Å²) in [5.74, 6) is -0.970. The molecule has 0 heterocycles. The van der Waals surface area contributed by atoms with Crippen LogP contribution in [-0.2, 0) is 28.6 Å². The van der Waals surface area contributed by atoms with Crippen molar-refractivity contribution >= 4 is 17.9 Å². The molecule has 0 saturated heterocycles. The smallest absolute Gasteiger partial charge is 0.306 e. The summed E-state index contributed by atoms with van der Waals surface area (Å²) in [6.45, 7) is 6.31. The zero-order chi connectivity index (χ0) is 38.0. The molecule has 0 spiro atoms. The van der Waals surface area contributed by atoms with Crippen LogP contribution >= 0.6 is 0 Å². The van der Waals surface area contributed by atoms with Crippen LogP contribution in [0.1, 0.15) is 194 Å². The van der Waals surface area contributed by atoms with Gasteiger partial charge in [0, 0.05) is 19.3 Å². The maximum Gasteiger partial charge on any atom is 0.306 e. The zero-order valence-corrected chi connectivity index (χ0v) is 33.8. The van der Waals surface area contributed by atoms with Gasteiger partial charge in [-0.2, -0.15) is 0 Å². The first-order valence-corrected chi connectivity index (χ1v) is 21.3. The van der Waals surface area contributed by atoms with Gasteiger partial charge in [0.25, 0.3) is 0 Å². The van der Waals surface area contributed by atoms with Crippen LogP contribution in [0, 0.1) is 0 Å². The molecule has 0 bridgehead atoms. The van der Waals surface area contributed by atoms with E-state index < -0.39 is 6.10 Å². The molecule has 0 amide bonds. The fourth-order valence-corrected chi connectivity index (χ4v) is 5.62. The number of hydrogen-bond acceptors (Lipinski definition) is 6. The zero-order valence-electron chi connectivity index (χ0n) is 33.8. The number of rotatable bonds is 37. The van der Waals surface area contributed by atoms with Gasteiger partial charge in [-0.05, 0) is 70.6 Å². The van der Waals surface area contributed by atoms with Crippen LogP contribution in [0.5, 0.6) is 0 Å². The molecule has 0 N–H and O–H groups in total. The van der Waals surface area contributed by atoms with Crippen molar-refractivity contribution in [2.75, 3.05) is 13.2 Å². The lowest BCUT2D eigenvalue weighted by molar-refractivity contribution is -0.167. The Hall–Kier alpha value is -2.89. The predicted molar refractivity (Wildman–Crippen MR) is 219 cm³/mol. The van der Waals surface area contributed by atoms with E-state index in [0.717, 1.165) is 83.5 Å². The van der Waals surface area contributed by atoms with Crippen LogP contribution in [0.2, 0.25) is 0 Å². The minimum absolute atomic E-state index is 0.0966. The lowest BCUT2D eigenvalue weighted by Crippen LogP contribution is -2.30. The maximum atomic E-state index is 12.6. The van der Waals surface area contributed by atoms with E-state index in [4.69, 9.17) is 14.2 Å². The summed E-state index contributed by atoms with van der Waals surface area (Å²) in [4.78, 5) is 37.5. The third-order valence-electron chi connectivity index (χ3n) is 8.77. The molecule has 0 radical (unpaired) electrons. The van der Waals surface area contributed by atoms with E-state index in [2.05, 4.69) is 81.5 Å². The molecule has 0 rings (SSSR count). The topological polar surface area (TPSA) is 78.9 Å². The Morgan fingerprint density at radius 3 is 1.23 bits per heavy atom. The summed E-state index contributed by atoms with van der Waals surface area (Å²) >= 11 is 0. The molecule has 0 aromatic carbocycles. The lowest BCUT2D eigenvalue weighted by atomic mass is 10.1. The van der Waals surface area contributed by atoms with Crippen molar-refractivity contribution in [1.82, 2.24) is 0 Å². The first kappa shape index (κ1) is 49.1. The number of unbranched alkanes of at least 4 members (excludes halogenated alkanes) is 16. The van der Waals surface area contributed by atoms with E-state index >= 15 is 0 Å². The number of hydrogen-bond donors (Lipinski definition) is 0. The molecule has 0 aromatic heterocycles. The first-order chi connectivity index (χ1) is 25.5. The summed E-state index contributed by atoms with van der Waals surface area (Å²) in [6.07, 6.45) is 47.9. The van der Waals surface area contributed by atoms with E-state index in [9.17, 15) is 14.4 Å². The molecule has 0 aliphatic carbocycles. The number of ether oxygens (including phenoxy) is 3. The number of esters is 3. The molecule has 1 atom stereocenters. The van der Waals surface area contributed by atoms with E-state index in [-0.39, 0.29) is 37.5 Å². The van der Waals surface area contributed by atoms with E-state index in [0.29, 0.717) is 19.3 Å². The highest BCUT2D eigenvalue weighted by molar-refractivity contribution is 5.71. The van der Waals surface area contributed by atoms with Crippen molar-refractivity contribution in [1.29, 1.82) is 0 Å². The van der Waals surface area contributed by atoms with Crippen molar-refractivity contribution in [2.45, 2.75) is 200 Å². The fraction of sp³-hybridized carbons (Fsp3) is 0.717. The molecule has 6 nitrogen and oxygen atoms in total. The van der Waals surface area contributed by atoms with E-state index in [1.165, 1.54) is 64.2 Å². The Morgan fingerprint density at radius 1 is 0.404 bits per heavy atom. The van der Waals surface area contributed by atoms with Crippen LogP contribution in [0.4, 0.5) is 0 Å². The Bertz CT molecular complexity index is 975. The second-order valence-corrected chi connectivity index (χ2v) is 13.8. The highest BCUT2D eigenvalue weighted by atomic mass is 16.6. The molecule has 0 aromatic rings. The van der Waals surface area contributed by atoms with Gasteiger partial charge in [-0.15, -0.1) is 0 Å². The summed E-state index contributed by atoms with van der Waals surface area (Å²) in [5, 5.41) is 0. The van der Waals surface area contributed by atoms with Gasteiger partial charge in [0.15, 0.2) is 6.10 Å². The van der Waals surface area contributed by atoms with Crippen molar-refractivity contribution in [3.8, 4) is 0 Å². The standard InChI is InChI=1S/C46H78O6/c1-4-7-10-13-16-19-21-22-23-25-27-30-33-36-39-45(48)51-42-43(41-50-44(47)38-35-32-29-26-18-15-12-9-6-3)52-46(49)40-37-34-31-28-24-20-17-14-11-8-5-2/h7-8,10-11,16-17,19-20,28,31,43H,4-6,9,12-15,18,21-27,29-30,32-42H2,1-3H3/b10-7-,11-8-,19-16-,20-17-,31-28-. The molecule has 0 saturated carbocycles. The largest absolute Gasteiger partial charge is 0.462 e. The average molecular weight is 727 g/mol. The van der Waals surface area contributed by atoms with Crippen molar-refractivity contribution < 1.29 is 28.6 Å². The molecule has 52 heavy (non-hydrogen) atoms. The highest BCUT2D eigenvalue weighted by Gasteiger charge is 2.19. The molecular weight excluding hydrogens is 648 g/mol. The first-order valence-electron chi connectivity index (χ1n) is 21.3. The fourth-order valence-electron chi connectivity index (χ4n) is 5.62. The molecule has 0 aliphatic rings. The normalized spacial score (nSPS) is 12.6. The van der Waals surface area contributed by atoms with Crippen LogP contribution in [0.25, 0.3) is 0 Å². The van der Waals surface area contributed by atoms with Crippen molar-refractivity contribution in [3.05, 3.63) is 60.8 Å². The third-order valence-corrected chi connectivity index (χ3v) is 8.77. The molecule has 0 fully saturated rings. The average Bonchev–Trinajstić information content (AvgIpc) is 3.14.